The molecule has 0 aromatic carbocycles. The minimum Gasteiger partial charge on any atom is -0.474 e. The summed E-state index contributed by atoms with van der Waals surface area (Å²) in [5.74, 6) is 2.41. The molecule has 2 aromatic heterocycles. The third-order valence-electron chi connectivity index (χ3n) is 8.66. The van der Waals surface area contributed by atoms with E-state index in [2.05, 4.69) is 15.0 Å². The lowest BCUT2D eigenvalue weighted by molar-refractivity contribution is 0.0305. The molecule has 0 N–H and O–H groups in total. The van der Waals surface area contributed by atoms with E-state index in [4.69, 9.17) is 9.47 Å². The molecule has 0 radical (unpaired) electrons. The van der Waals surface area contributed by atoms with Crippen LogP contribution in [-0.4, -0.2) is 40.0 Å². The monoisotopic (exact) mass is 469 g/mol. The van der Waals surface area contributed by atoms with Crippen molar-refractivity contribution < 1.29 is 17.9 Å². The van der Waals surface area contributed by atoms with E-state index in [1.807, 2.05) is 32.9 Å². The van der Waals surface area contributed by atoms with Crippen LogP contribution in [-0.2, 0) is 9.84 Å². The van der Waals surface area contributed by atoms with Gasteiger partial charge in [-0.05, 0) is 95.1 Å². The molecule has 0 aliphatic heterocycles. The van der Waals surface area contributed by atoms with Crippen LogP contribution in [0.2, 0.25) is 0 Å². The van der Waals surface area contributed by atoms with Crippen LogP contribution in [0.25, 0.3) is 0 Å². The van der Waals surface area contributed by atoms with Crippen LogP contribution in [0.15, 0.2) is 18.5 Å². The number of nitrogens with zero attached hydrogens (tertiary/aromatic N) is 3. The number of aryl methyl sites for hydroxylation is 2. The van der Waals surface area contributed by atoms with Gasteiger partial charge in [0.25, 0.3) is 0 Å². The zero-order chi connectivity index (χ0) is 23.0. The Morgan fingerprint density at radius 1 is 1.03 bits per heavy atom. The van der Waals surface area contributed by atoms with Crippen LogP contribution >= 0.6 is 0 Å². The summed E-state index contributed by atoms with van der Waals surface area (Å²) in [6.07, 6.45) is 8.04. The van der Waals surface area contributed by atoms with Crippen molar-refractivity contribution in [2.75, 3.05) is 0 Å². The van der Waals surface area contributed by atoms with E-state index in [0.717, 1.165) is 61.9 Å². The highest BCUT2D eigenvalue weighted by molar-refractivity contribution is 7.92. The molecule has 33 heavy (non-hydrogen) atoms. The number of hydrogen-bond acceptors (Lipinski definition) is 7. The molecule has 176 valence electrons. The van der Waals surface area contributed by atoms with Gasteiger partial charge in [0.1, 0.15) is 12.4 Å². The molecule has 4 aliphatic rings. The molecule has 4 saturated carbocycles. The fraction of sp³-hybridized carbons (Fsp3) is 0.640. The van der Waals surface area contributed by atoms with E-state index in [1.165, 1.54) is 6.33 Å². The van der Waals surface area contributed by atoms with Crippen molar-refractivity contribution in [3.8, 4) is 17.5 Å². The maximum atomic E-state index is 13.2. The van der Waals surface area contributed by atoms with Gasteiger partial charge in [0.2, 0.25) is 11.8 Å². The summed E-state index contributed by atoms with van der Waals surface area (Å²) in [6, 6.07) is 3.81. The third kappa shape index (κ3) is 3.35. The molecule has 8 heteroatoms. The summed E-state index contributed by atoms with van der Waals surface area (Å²) < 4.78 is 38.8. The van der Waals surface area contributed by atoms with E-state index in [9.17, 15) is 8.42 Å². The minimum atomic E-state index is -3.01. The largest absolute Gasteiger partial charge is 0.474 e. The Balaban J connectivity index is 1.21. The van der Waals surface area contributed by atoms with Crippen LogP contribution in [0, 0.1) is 38.0 Å². The topological polar surface area (TPSA) is 91.3 Å². The molecule has 0 bridgehead atoms. The first-order valence-electron chi connectivity index (χ1n) is 12.1. The second-order valence-electron chi connectivity index (χ2n) is 10.6. The maximum absolute atomic E-state index is 13.2. The molecule has 4 aliphatic carbocycles. The van der Waals surface area contributed by atoms with Crippen LogP contribution in [0.1, 0.15) is 61.9 Å². The molecular weight excluding hydrogens is 438 g/mol. The summed E-state index contributed by atoms with van der Waals surface area (Å²) in [4.78, 5) is 13.2. The second kappa shape index (κ2) is 7.39. The number of hydrogen-bond donors (Lipinski definition) is 0. The Bertz CT molecular complexity index is 1210. The van der Waals surface area contributed by atoms with Gasteiger partial charge in [0.15, 0.2) is 15.6 Å². The van der Waals surface area contributed by atoms with Gasteiger partial charge < -0.3 is 9.47 Å². The van der Waals surface area contributed by atoms with E-state index in [0.29, 0.717) is 23.4 Å². The van der Waals surface area contributed by atoms with Crippen molar-refractivity contribution in [2.24, 2.45) is 17.3 Å². The zero-order valence-electron chi connectivity index (χ0n) is 19.5. The minimum absolute atomic E-state index is 0.0146. The summed E-state index contributed by atoms with van der Waals surface area (Å²) in [7, 11) is -3.01. The van der Waals surface area contributed by atoms with E-state index in [1.54, 1.807) is 0 Å². The van der Waals surface area contributed by atoms with Gasteiger partial charge in [0, 0.05) is 5.69 Å². The van der Waals surface area contributed by atoms with Gasteiger partial charge in [-0.25, -0.2) is 18.4 Å². The van der Waals surface area contributed by atoms with Crippen molar-refractivity contribution in [3.05, 3.63) is 35.4 Å². The number of rotatable bonds is 6. The quantitative estimate of drug-likeness (QED) is 0.615. The Morgan fingerprint density at radius 2 is 1.82 bits per heavy atom. The highest BCUT2D eigenvalue weighted by Crippen LogP contribution is 2.69. The molecule has 0 amide bonds. The van der Waals surface area contributed by atoms with E-state index >= 15 is 0 Å². The molecule has 2 heterocycles. The van der Waals surface area contributed by atoms with Crippen molar-refractivity contribution >= 4 is 9.84 Å². The Labute approximate surface area is 195 Å². The second-order valence-corrected chi connectivity index (χ2v) is 13.0. The first kappa shape index (κ1) is 21.3. The molecule has 1 spiro atoms. The Hall–Kier alpha value is -2.22. The van der Waals surface area contributed by atoms with E-state index in [-0.39, 0.29) is 27.9 Å². The van der Waals surface area contributed by atoms with Crippen molar-refractivity contribution in [1.82, 2.24) is 15.0 Å². The Kier molecular flexibility index (Phi) is 4.77. The summed E-state index contributed by atoms with van der Waals surface area (Å²) in [5, 5.41) is -0.256. The average Bonchev–Trinajstić information content (AvgIpc) is 3.51. The van der Waals surface area contributed by atoms with Crippen LogP contribution in [0.3, 0.4) is 0 Å². The molecule has 4 fully saturated rings. The lowest BCUT2D eigenvalue weighted by atomic mass is 9.59. The predicted octanol–water partition coefficient (Wildman–Crippen LogP) is 4.49. The molecule has 1 unspecified atom stereocenters. The van der Waals surface area contributed by atoms with Gasteiger partial charge in [-0.15, -0.1) is 0 Å². The Morgan fingerprint density at radius 3 is 2.52 bits per heavy atom. The lowest BCUT2D eigenvalue weighted by Crippen LogP contribution is -2.39. The molecule has 7 nitrogen and oxygen atoms in total. The number of sulfone groups is 1. The van der Waals surface area contributed by atoms with Gasteiger partial charge in [-0.3, -0.25) is 4.98 Å². The van der Waals surface area contributed by atoms with Crippen molar-refractivity contribution in [3.63, 3.8) is 0 Å². The number of ether oxygens (including phenoxy) is 2. The molecule has 2 aromatic rings. The van der Waals surface area contributed by atoms with Crippen molar-refractivity contribution in [1.29, 1.82) is 0 Å². The fourth-order valence-electron chi connectivity index (χ4n) is 6.75. The van der Waals surface area contributed by atoms with Crippen LogP contribution in [0.4, 0.5) is 0 Å². The van der Waals surface area contributed by atoms with Crippen LogP contribution < -0.4 is 9.47 Å². The normalized spacial score (nSPS) is 32.7. The first-order valence-corrected chi connectivity index (χ1v) is 13.7. The SMILES string of the molecule is Cc1ccc(Oc2ncnc(O[C@H]3C[C@H]4[C@@H](S(=O)(=O)C5CC5)C[C@H]5CCC54C3)c2C)c(C)n1. The molecule has 0 saturated heterocycles. The summed E-state index contributed by atoms with van der Waals surface area (Å²) >= 11 is 0. The number of pyridine rings is 1. The average molecular weight is 470 g/mol. The smallest absolute Gasteiger partial charge is 0.229 e. The first-order chi connectivity index (χ1) is 15.8. The zero-order valence-corrected chi connectivity index (χ0v) is 20.3. The van der Waals surface area contributed by atoms with Gasteiger partial charge in [0.05, 0.1) is 21.8 Å². The number of aromatic nitrogens is 3. The van der Waals surface area contributed by atoms with Gasteiger partial charge >= 0.3 is 0 Å². The third-order valence-corrected chi connectivity index (χ3v) is 11.4. The van der Waals surface area contributed by atoms with Gasteiger partial charge in [-0.1, -0.05) is 0 Å². The summed E-state index contributed by atoms with van der Waals surface area (Å²) in [5.41, 5.74) is 2.64. The van der Waals surface area contributed by atoms with E-state index < -0.39 is 9.84 Å². The standard InChI is InChI=1S/C25H31N3O4S/c1-14-4-7-21(16(3)28-14)32-24-15(2)23(26-13-27-24)31-18-11-20-22(33(29,30)19-5-6-19)10-17-8-9-25(17,20)12-18/h4,7,13,17-20,22H,5-6,8-12H2,1-3H3/t17-,18+,20+,22+,25?/m1/s1. The van der Waals surface area contributed by atoms with Crippen LogP contribution in [0.5, 0.6) is 17.5 Å². The highest BCUT2D eigenvalue weighted by atomic mass is 32.2. The summed E-state index contributed by atoms with van der Waals surface area (Å²) in [6.45, 7) is 5.76. The molecule has 6 rings (SSSR count). The molecular formula is C25H31N3O4S. The predicted molar refractivity (Wildman–Crippen MR) is 123 cm³/mol. The highest BCUT2D eigenvalue weighted by Gasteiger charge is 2.67. The fourth-order valence-corrected chi connectivity index (χ4v) is 9.38. The lowest BCUT2D eigenvalue weighted by Gasteiger charge is -2.45. The van der Waals surface area contributed by atoms with Gasteiger partial charge in [-0.2, -0.15) is 0 Å². The maximum Gasteiger partial charge on any atom is 0.229 e. The van der Waals surface area contributed by atoms with Crippen molar-refractivity contribution in [2.45, 2.75) is 82.3 Å². The molecule has 5 atom stereocenters.